The largest absolute Gasteiger partial charge is 0.497 e. The van der Waals surface area contributed by atoms with Gasteiger partial charge in [0.2, 0.25) is 0 Å². The Morgan fingerprint density at radius 2 is 1.81 bits per heavy atom. The van der Waals surface area contributed by atoms with Gasteiger partial charge < -0.3 is 9.47 Å². The SMILES string of the molecule is COC(=O)C1=CC(c2ccc(OC)cc2)=NS(=O)(=O)N1C. The first-order chi connectivity index (χ1) is 9.89. The lowest BCUT2D eigenvalue weighted by atomic mass is 10.1. The quantitative estimate of drug-likeness (QED) is 0.768. The van der Waals surface area contributed by atoms with Crippen LogP contribution in [0.1, 0.15) is 5.56 Å². The predicted molar refractivity (Wildman–Crippen MR) is 76.3 cm³/mol. The molecule has 1 heterocycles. The summed E-state index contributed by atoms with van der Waals surface area (Å²) in [5.74, 6) is -0.116. The first-order valence-corrected chi connectivity index (χ1v) is 7.32. The number of likely N-dealkylation sites (N-methyl/N-ethyl adjacent to an activating group) is 1. The monoisotopic (exact) mass is 310 g/mol. The number of benzene rings is 1. The van der Waals surface area contributed by atoms with Gasteiger partial charge in [0.1, 0.15) is 11.4 Å². The number of allylic oxidation sites excluding steroid dienone is 1. The molecule has 0 saturated heterocycles. The minimum absolute atomic E-state index is 0.0988. The fraction of sp³-hybridized carbons (Fsp3) is 0.231. The Labute approximate surface area is 122 Å². The molecule has 7 nitrogen and oxygen atoms in total. The number of hydrogen-bond donors (Lipinski definition) is 0. The maximum atomic E-state index is 12.0. The van der Waals surface area contributed by atoms with Gasteiger partial charge in [-0.25, -0.2) is 9.10 Å². The predicted octanol–water partition coefficient (Wildman–Crippen LogP) is 0.731. The molecule has 0 aliphatic carbocycles. The van der Waals surface area contributed by atoms with Crippen LogP contribution in [0, 0.1) is 0 Å². The van der Waals surface area contributed by atoms with E-state index in [9.17, 15) is 13.2 Å². The van der Waals surface area contributed by atoms with Crippen LogP contribution in [0.25, 0.3) is 0 Å². The number of carbonyl (C=O) groups is 1. The van der Waals surface area contributed by atoms with E-state index in [-0.39, 0.29) is 11.4 Å². The van der Waals surface area contributed by atoms with Gasteiger partial charge >= 0.3 is 16.2 Å². The summed E-state index contributed by atoms with van der Waals surface area (Å²) < 4.78 is 38.1. The Balaban J connectivity index is 2.51. The summed E-state index contributed by atoms with van der Waals surface area (Å²) in [4.78, 5) is 11.7. The van der Waals surface area contributed by atoms with Crippen molar-refractivity contribution in [1.29, 1.82) is 0 Å². The van der Waals surface area contributed by atoms with E-state index in [4.69, 9.17) is 4.74 Å². The van der Waals surface area contributed by atoms with Crippen LogP contribution in [0.3, 0.4) is 0 Å². The average molecular weight is 310 g/mol. The van der Waals surface area contributed by atoms with E-state index in [0.717, 1.165) is 4.31 Å². The lowest BCUT2D eigenvalue weighted by molar-refractivity contribution is -0.137. The molecule has 0 unspecified atom stereocenters. The smallest absolute Gasteiger partial charge is 0.355 e. The second-order valence-electron chi connectivity index (χ2n) is 4.17. The summed E-state index contributed by atoms with van der Waals surface area (Å²) in [5.41, 5.74) is 0.614. The van der Waals surface area contributed by atoms with Crippen molar-refractivity contribution in [2.24, 2.45) is 4.40 Å². The molecule has 112 valence electrons. The Bertz CT molecular complexity index is 719. The van der Waals surface area contributed by atoms with Crippen molar-refractivity contribution >= 4 is 21.9 Å². The molecule has 1 aromatic rings. The van der Waals surface area contributed by atoms with Crippen molar-refractivity contribution in [3.8, 4) is 5.75 Å². The topological polar surface area (TPSA) is 85.3 Å². The molecule has 2 rings (SSSR count). The van der Waals surface area contributed by atoms with Gasteiger partial charge in [-0.3, -0.25) is 0 Å². The molecule has 1 aliphatic rings. The summed E-state index contributed by atoms with van der Waals surface area (Å²) in [7, 11) is -0.00282. The molecule has 0 fully saturated rings. The van der Waals surface area contributed by atoms with Crippen LogP contribution in [0.4, 0.5) is 0 Å². The van der Waals surface area contributed by atoms with Gasteiger partial charge in [0.25, 0.3) is 0 Å². The van der Waals surface area contributed by atoms with Gasteiger partial charge in [0.05, 0.1) is 19.9 Å². The van der Waals surface area contributed by atoms with Gasteiger partial charge in [-0.1, -0.05) is 0 Å². The van der Waals surface area contributed by atoms with Crippen LogP contribution in [0.2, 0.25) is 0 Å². The van der Waals surface area contributed by atoms with Crippen LogP contribution in [-0.4, -0.2) is 45.7 Å². The van der Waals surface area contributed by atoms with Crippen molar-refractivity contribution < 1.29 is 22.7 Å². The van der Waals surface area contributed by atoms with E-state index in [1.54, 1.807) is 24.3 Å². The van der Waals surface area contributed by atoms with Crippen LogP contribution < -0.4 is 4.74 Å². The van der Waals surface area contributed by atoms with Crippen molar-refractivity contribution in [1.82, 2.24) is 4.31 Å². The molecule has 0 saturated carbocycles. The second kappa shape index (κ2) is 5.57. The zero-order valence-electron chi connectivity index (χ0n) is 11.7. The molecule has 0 spiro atoms. The Morgan fingerprint density at radius 1 is 1.19 bits per heavy atom. The molecule has 0 atom stereocenters. The molecular formula is C13H14N2O5S. The summed E-state index contributed by atoms with van der Waals surface area (Å²) in [5, 5.41) is 0. The highest BCUT2D eigenvalue weighted by molar-refractivity contribution is 7.88. The van der Waals surface area contributed by atoms with Crippen LogP contribution in [0.5, 0.6) is 5.75 Å². The maximum absolute atomic E-state index is 12.0. The highest BCUT2D eigenvalue weighted by atomic mass is 32.2. The van der Waals surface area contributed by atoms with Crippen molar-refractivity contribution in [3.05, 3.63) is 41.6 Å². The minimum atomic E-state index is -3.96. The molecule has 1 aromatic carbocycles. The minimum Gasteiger partial charge on any atom is -0.497 e. The van der Waals surface area contributed by atoms with E-state index in [0.29, 0.717) is 11.3 Å². The number of carbonyl (C=O) groups excluding carboxylic acids is 1. The van der Waals surface area contributed by atoms with E-state index in [1.807, 2.05) is 0 Å². The molecule has 0 aromatic heterocycles. The Hall–Kier alpha value is -2.35. The van der Waals surface area contributed by atoms with Crippen molar-refractivity contribution in [2.45, 2.75) is 0 Å². The standard InChI is InChI=1S/C13H14N2O5S/c1-15-12(13(16)20-3)8-11(14-21(15,17)18)9-4-6-10(19-2)7-5-9/h4-8H,1-3H3. The second-order valence-corrected chi connectivity index (χ2v) is 5.80. The fourth-order valence-electron chi connectivity index (χ4n) is 1.75. The summed E-state index contributed by atoms with van der Waals surface area (Å²) in [6.45, 7) is 0. The van der Waals surface area contributed by atoms with E-state index >= 15 is 0 Å². The van der Waals surface area contributed by atoms with Gasteiger partial charge in [-0.15, -0.1) is 4.40 Å². The third kappa shape index (κ3) is 2.89. The fourth-order valence-corrected chi connectivity index (χ4v) is 2.65. The number of rotatable bonds is 3. The van der Waals surface area contributed by atoms with Gasteiger partial charge in [0.15, 0.2) is 0 Å². The molecule has 21 heavy (non-hydrogen) atoms. The molecule has 0 N–H and O–H groups in total. The van der Waals surface area contributed by atoms with Crippen LogP contribution in [-0.2, 0) is 19.7 Å². The lowest BCUT2D eigenvalue weighted by Gasteiger charge is -2.22. The van der Waals surface area contributed by atoms with Crippen LogP contribution in [0.15, 0.2) is 40.4 Å². The third-order valence-electron chi connectivity index (χ3n) is 2.95. The third-order valence-corrected chi connectivity index (χ3v) is 4.27. The Kier molecular flexibility index (Phi) is 3.99. The average Bonchev–Trinajstić information content (AvgIpc) is 2.49. The summed E-state index contributed by atoms with van der Waals surface area (Å²) in [6, 6.07) is 6.66. The summed E-state index contributed by atoms with van der Waals surface area (Å²) in [6.07, 6.45) is 1.37. The van der Waals surface area contributed by atoms with E-state index in [1.165, 1.54) is 27.3 Å². The first-order valence-electron chi connectivity index (χ1n) is 5.92. The normalized spacial score (nSPS) is 16.8. The maximum Gasteiger partial charge on any atom is 0.355 e. The lowest BCUT2D eigenvalue weighted by Crippen LogP contribution is -2.33. The molecule has 1 aliphatic heterocycles. The van der Waals surface area contributed by atoms with Crippen molar-refractivity contribution in [2.75, 3.05) is 21.3 Å². The molecule has 0 bridgehead atoms. The van der Waals surface area contributed by atoms with E-state index in [2.05, 4.69) is 9.13 Å². The zero-order valence-corrected chi connectivity index (χ0v) is 12.5. The summed E-state index contributed by atoms with van der Waals surface area (Å²) >= 11 is 0. The molecule has 0 amide bonds. The van der Waals surface area contributed by atoms with Crippen molar-refractivity contribution in [3.63, 3.8) is 0 Å². The van der Waals surface area contributed by atoms with Gasteiger partial charge in [-0.05, 0) is 30.3 Å². The van der Waals surface area contributed by atoms with Crippen LogP contribution >= 0.6 is 0 Å². The Morgan fingerprint density at radius 3 is 2.33 bits per heavy atom. The first kappa shape index (κ1) is 15.0. The highest BCUT2D eigenvalue weighted by Crippen LogP contribution is 2.21. The molecule has 0 radical (unpaired) electrons. The molecule has 8 heteroatoms. The number of hydrogen-bond acceptors (Lipinski definition) is 5. The zero-order chi connectivity index (χ0) is 15.6. The highest BCUT2D eigenvalue weighted by Gasteiger charge is 2.30. The van der Waals surface area contributed by atoms with E-state index < -0.39 is 16.2 Å². The number of ether oxygens (including phenoxy) is 2. The molecular weight excluding hydrogens is 296 g/mol. The number of methoxy groups -OCH3 is 2. The van der Waals surface area contributed by atoms with Gasteiger partial charge in [-0.2, -0.15) is 8.42 Å². The van der Waals surface area contributed by atoms with Gasteiger partial charge in [0, 0.05) is 12.6 Å². The number of esters is 1. The number of nitrogens with zero attached hydrogens (tertiary/aromatic N) is 2.